The van der Waals surface area contributed by atoms with E-state index in [0.717, 1.165) is 25.9 Å². The lowest BCUT2D eigenvalue weighted by atomic mass is 9.97. The van der Waals surface area contributed by atoms with E-state index >= 15 is 0 Å². The van der Waals surface area contributed by atoms with Gasteiger partial charge in [-0.1, -0.05) is 24.6 Å². The highest BCUT2D eigenvalue weighted by atomic mass is 16.1. The van der Waals surface area contributed by atoms with Gasteiger partial charge in [-0.2, -0.15) is 0 Å². The zero-order valence-electron chi connectivity index (χ0n) is 16.5. The molecular formula is C22H33N3O. The third-order valence-corrected chi connectivity index (χ3v) is 5.89. The quantitative estimate of drug-likeness (QED) is 0.765. The molecule has 1 N–H and O–H groups in total. The lowest BCUT2D eigenvalue weighted by Crippen LogP contribution is -2.44. The lowest BCUT2D eigenvalue weighted by Gasteiger charge is -2.39. The summed E-state index contributed by atoms with van der Waals surface area (Å²) in [4.78, 5) is 14.8. The Balaban J connectivity index is 1.40. The summed E-state index contributed by atoms with van der Waals surface area (Å²) in [7, 11) is 2.06. The number of nitrogens with zero attached hydrogens (tertiary/aromatic N) is 2. The van der Waals surface area contributed by atoms with Crippen LogP contribution in [0.5, 0.6) is 0 Å². The number of hydrogen-bond donors (Lipinski definition) is 1. The average Bonchev–Trinajstić information content (AvgIpc) is 2.95. The zero-order chi connectivity index (χ0) is 18.5. The maximum atomic E-state index is 12.2. The van der Waals surface area contributed by atoms with Gasteiger partial charge in [-0.3, -0.25) is 9.69 Å². The molecule has 3 rings (SSSR count). The summed E-state index contributed by atoms with van der Waals surface area (Å²) in [5, 5.41) is 4.36. The minimum atomic E-state index is 0.165. The Morgan fingerprint density at radius 1 is 1.19 bits per heavy atom. The number of benzene rings is 1. The Hall–Kier alpha value is -1.81. The molecule has 142 valence electrons. The van der Waals surface area contributed by atoms with Gasteiger partial charge in [-0.05, 0) is 51.2 Å². The van der Waals surface area contributed by atoms with E-state index in [-0.39, 0.29) is 5.91 Å². The first kappa shape index (κ1) is 19.0. The predicted molar refractivity (Wildman–Crippen MR) is 108 cm³/mol. The van der Waals surface area contributed by atoms with Crippen molar-refractivity contribution in [1.29, 1.82) is 0 Å². The number of aryl methyl sites for hydroxylation is 2. The summed E-state index contributed by atoms with van der Waals surface area (Å²) in [6, 6.07) is 9.75. The van der Waals surface area contributed by atoms with E-state index in [0.29, 0.717) is 18.5 Å². The molecule has 0 aliphatic carbocycles. The van der Waals surface area contributed by atoms with Crippen molar-refractivity contribution in [3.8, 4) is 0 Å². The third kappa shape index (κ3) is 4.47. The third-order valence-electron chi connectivity index (χ3n) is 5.89. The number of piperidine rings is 1. The molecule has 0 saturated carbocycles. The van der Waals surface area contributed by atoms with Gasteiger partial charge >= 0.3 is 0 Å². The Morgan fingerprint density at radius 3 is 2.69 bits per heavy atom. The first-order valence-corrected chi connectivity index (χ1v) is 10.1. The van der Waals surface area contributed by atoms with Gasteiger partial charge in [0, 0.05) is 55.7 Å². The number of carbonyl (C=O) groups excluding carboxylic acids is 1. The fourth-order valence-corrected chi connectivity index (χ4v) is 4.37. The van der Waals surface area contributed by atoms with Gasteiger partial charge in [-0.15, -0.1) is 0 Å². The number of likely N-dealkylation sites (tertiary alicyclic amines) is 1. The maximum absolute atomic E-state index is 12.2. The molecule has 4 heteroatoms. The number of hydrogen-bond acceptors (Lipinski definition) is 2. The number of rotatable bonds is 7. The van der Waals surface area contributed by atoms with Gasteiger partial charge in [-0.25, -0.2) is 0 Å². The minimum absolute atomic E-state index is 0.165. The Kier molecular flexibility index (Phi) is 6.36. The van der Waals surface area contributed by atoms with Crippen molar-refractivity contribution in [1.82, 2.24) is 14.8 Å². The zero-order valence-corrected chi connectivity index (χ0v) is 16.5. The fourth-order valence-electron chi connectivity index (χ4n) is 4.37. The number of amides is 1. The van der Waals surface area contributed by atoms with Crippen molar-refractivity contribution in [3.05, 3.63) is 36.0 Å². The molecule has 26 heavy (non-hydrogen) atoms. The normalized spacial score (nSPS) is 21.2. The summed E-state index contributed by atoms with van der Waals surface area (Å²) >= 11 is 0. The molecule has 0 radical (unpaired) electrons. The van der Waals surface area contributed by atoms with E-state index < -0.39 is 0 Å². The molecule has 2 heterocycles. The van der Waals surface area contributed by atoms with Crippen LogP contribution in [0.3, 0.4) is 0 Å². The van der Waals surface area contributed by atoms with Gasteiger partial charge in [0.2, 0.25) is 5.91 Å². The number of carbonyl (C=O) groups is 1. The summed E-state index contributed by atoms with van der Waals surface area (Å²) < 4.78 is 2.14. The highest BCUT2D eigenvalue weighted by molar-refractivity contribution is 5.84. The Bertz CT molecular complexity index is 726. The van der Waals surface area contributed by atoms with Gasteiger partial charge in [0.25, 0.3) is 0 Å². The van der Waals surface area contributed by atoms with Crippen molar-refractivity contribution in [2.45, 2.75) is 64.5 Å². The molecular weight excluding hydrogens is 322 g/mol. The van der Waals surface area contributed by atoms with Crippen LogP contribution in [0.25, 0.3) is 10.9 Å². The highest BCUT2D eigenvalue weighted by Gasteiger charge is 2.23. The van der Waals surface area contributed by atoms with Gasteiger partial charge < -0.3 is 9.88 Å². The second-order valence-electron chi connectivity index (χ2n) is 7.85. The highest BCUT2D eigenvalue weighted by Crippen LogP contribution is 2.23. The smallest absolute Gasteiger partial charge is 0.220 e. The van der Waals surface area contributed by atoms with Gasteiger partial charge in [0.05, 0.1) is 0 Å². The summed E-state index contributed by atoms with van der Waals surface area (Å²) in [5.41, 5.74) is 2.49. The standard InChI is InChI=1S/C22H33N3O/c1-17-8-6-9-18(2)25(17)15-7-14-23-22(26)13-12-19-16-24(3)21-11-5-4-10-20(19)21/h4-5,10-11,16-18H,6-9,12-15H2,1-3H3,(H,23,26). The molecule has 1 fully saturated rings. The summed E-state index contributed by atoms with van der Waals surface area (Å²) in [6.07, 6.45) is 8.51. The van der Waals surface area contributed by atoms with Crippen LogP contribution in [0.2, 0.25) is 0 Å². The lowest BCUT2D eigenvalue weighted by molar-refractivity contribution is -0.121. The summed E-state index contributed by atoms with van der Waals surface area (Å²) in [6.45, 7) is 6.53. The molecule has 0 spiro atoms. The van der Waals surface area contributed by atoms with E-state index in [2.05, 4.69) is 66.1 Å². The topological polar surface area (TPSA) is 37.3 Å². The molecule has 1 saturated heterocycles. The molecule has 1 amide bonds. The molecule has 2 unspecified atom stereocenters. The van der Waals surface area contributed by atoms with Crippen molar-refractivity contribution in [2.75, 3.05) is 13.1 Å². The number of fused-ring (bicyclic) bond motifs is 1. The van der Waals surface area contributed by atoms with E-state index in [4.69, 9.17) is 0 Å². The SMILES string of the molecule is CC1CCCC(C)N1CCCNC(=O)CCc1cn(C)c2ccccc12. The van der Waals surface area contributed by atoms with Crippen molar-refractivity contribution < 1.29 is 4.79 Å². The summed E-state index contributed by atoms with van der Waals surface area (Å²) in [5.74, 6) is 0.165. The molecule has 0 bridgehead atoms. The first-order valence-electron chi connectivity index (χ1n) is 10.1. The van der Waals surface area contributed by atoms with Crippen LogP contribution in [-0.4, -0.2) is 40.5 Å². The van der Waals surface area contributed by atoms with Crippen LogP contribution in [0, 0.1) is 0 Å². The second kappa shape index (κ2) is 8.72. The van der Waals surface area contributed by atoms with Crippen molar-refractivity contribution >= 4 is 16.8 Å². The average molecular weight is 356 g/mol. The Morgan fingerprint density at radius 2 is 1.92 bits per heavy atom. The van der Waals surface area contributed by atoms with E-state index in [9.17, 15) is 4.79 Å². The van der Waals surface area contributed by atoms with E-state index in [1.165, 1.54) is 35.7 Å². The van der Waals surface area contributed by atoms with Crippen LogP contribution in [0.1, 0.15) is 51.5 Å². The van der Waals surface area contributed by atoms with Crippen LogP contribution >= 0.6 is 0 Å². The van der Waals surface area contributed by atoms with E-state index in [1.807, 2.05) is 0 Å². The van der Waals surface area contributed by atoms with Crippen LogP contribution in [0.15, 0.2) is 30.5 Å². The minimum Gasteiger partial charge on any atom is -0.356 e. The molecule has 1 aliphatic heterocycles. The number of para-hydroxylation sites is 1. The predicted octanol–water partition coefficient (Wildman–Crippen LogP) is 3.88. The van der Waals surface area contributed by atoms with Crippen molar-refractivity contribution in [2.24, 2.45) is 7.05 Å². The number of nitrogens with one attached hydrogen (secondary N) is 1. The van der Waals surface area contributed by atoms with Crippen molar-refractivity contribution in [3.63, 3.8) is 0 Å². The molecule has 1 aliphatic rings. The maximum Gasteiger partial charge on any atom is 0.220 e. The van der Waals surface area contributed by atoms with Crippen LogP contribution in [0.4, 0.5) is 0 Å². The second-order valence-corrected chi connectivity index (χ2v) is 7.85. The van der Waals surface area contributed by atoms with Gasteiger partial charge in [0.1, 0.15) is 0 Å². The molecule has 2 atom stereocenters. The first-order chi connectivity index (χ1) is 12.6. The van der Waals surface area contributed by atoms with E-state index in [1.54, 1.807) is 0 Å². The van der Waals surface area contributed by atoms with Gasteiger partial charge in [0.15, 0.2) is 0 Å². The molecule has 4 nitrogen and oxygen atoms in total. The molecule has 1 aromatic carbocycles. The van der Waals surface area contributed by atoms with Crippen LogP contribution < -0.4 is 5.32 Å². The fraction of sp³-hybridized carbons (Fsp3) is 0.591. The molecule has 2 aromatic rings. The van der Waals surface area contributed by atoms with Crippen LogP contribution in [-0.2, 0) is 18.3 Å². The Labute approximate surface area is 157 Å². The monoisotopic (exact) mass is 355 g/mol. The number of aromatic nitrogens is 1. The largest absolute Gasteiger partial charge is 0.356 e. The molecule has 1 aromatic heterocycles.